The van der Waals surface area contributed by atoms with Crippen molar-refractivity contribution in [2.45, 2.75) is 19.4 Å². The van der Waals surface area contributed by atoms with Crippen LogP contribution >= 0.6 is 0 Å². The van der Waals surface area contributed by atoms with Gasteiger partial charge in [0.1, 0.15) is 5.76 Å². The van der Waals surface area contributed by atoms with Crippen molar-refractivity contribution >= 4 is 0 Å². The molecule has 0 unspecified atom stereocenters. The van der Waals surface area contributed by atoms with Crippen LogP contribution in [0.15, 0.2) is 17.0 Å². The van der Waals surface area contributed by atoms with E-state index >= 15 is 0 Å². The maximum Gasteiger partial charge on any atom is 0.180 e. The van der Waals surface area contributed by atoms with Gasteiger partial charge >= 0.3 is 0 Å². The summed E-state index contributed by atoms with van der Waals surface area (Å²) >= 11 is 0. The van der Waals surface area contributed by atoms with E-state index in [-0.39, 0.29) is 6.04 Å². The summed E-state index contributed by atoms with van der Waals surface area (Å²) in [5.74, 6) is 0.852. The minimum atomic E-state index is 0.151. The van der Waals surface area contributed by atoms with Crippen LogP contribution in [0.25, 0.3) is 0 Å². The molecule has 0 saturated carbocycles. The molecule has 9 heavy (non-hydrogen) atoms. The fraction of sp³-hybridized carbons (Fsp3) is 0.500. The van der Waals surface area contributed by atoms with Crippen LogP contribution in [0.5, 0.6) is 0 Å². The second-order valence-corrected chi connectivity index (χ2v) is 2.15. The quantitative estimate of drug-likeness (QED) is 0.630. The van der Waals surface area contributed by atoms with Gasteiger partial charge in [0.25, 0.3) is 0 Å². The Bertz CT molecular complexity index is 158. The van der Waals surface area contributed by atoms with E-state index in [9.17, 15) is 0 Å². The molecule has 0 bridgehead atoms. The lowest BCUT2D eigenvalue weighted by Gasteiger charge is -1.97. The Hall–Kier alpha value is -0.830. The van der Waals surface area contributed by atoms with Crippen molar-refractivity contribution in [3.05, 3.63) is 18.4 Å². The molecule has 1 atom stereocenters. The van der Waals surface area contributed by atoms with E-state index in [1.54, 1.807) is 6.20 Å². The maximum atomic E-state index is 5.50. The molecule has 0 aliphatic rings. The smallest absolute Gasteiger partial charge is 0.180 e. The predicted molar refractivity (Wildman–Crippen MR) is 33.9 cm³/mol. The zero-order valence-electron chi connectivity index (χ0n) is 5.37. The fourth-order valence-corrected chi connectivity index (χ4v) is 0.660. The van der Waals surface area contributed by atoms with Crippen LogP contribution in [-0.4, -0.2) is 11.0 Å². The minimum Gasteiger partial charge on any atom is -0.448 e. The minimum absolute atomic E-state index is 0.151. The average molecular weight is 126 g/mol. The summed E-state index contributed by atoms with van der Waals surface area (Å²) in [5, 5.41) is 0. The summed E-state index contributed by atoms with van der Waals surface area (Å²) in [7, 11) is 0. The molecule has 0 radical (unpaired) electrons. The topological polar surface area (TPSA) is 52.0 Å². The second kappa shape index (κ2) is 2.64. The molecule has 2 N–H and O–H groups in total. The summed E-state index contributed by atoms with van der Waals surface area (Å²) in [4.78, 5) is 3.75. The highest BCUT2D eigenvalue weighted by atomic mass is 16.3. The van der Waals surface area contributed by atoms with Crippen LogP contribution in [0.2, 0.25) is 0 Å². The molecule has 1 rings (SSSR count). The first-order valence-electron chi connectivity index (χ1n) is 2.92. The molecule has 0 saturated heterocycles. The molecule has 1 aromatic rings. The number of hydrogen-bond donors (Lipinski definition) is 1. The lowest BCUT2D eigenvalue weighted by atomic mass is 10.2. The molecule has 1 heterocycles. The zero-order chi connectivity index (χ0) is 6.69. The number of aromatic nitrogens is 1. The van der Waals surface area contributed by atoms with Crippen LogP contribution in [-0.2, 0) is 6.42 Å². The molecule has 0 aromatic carbocycles. The van der Waals surface area contributed by atoms with E-state index in [0.29, 0.717) is 0 Å². The largest absolute Gasteiger partial charge is 0.448 e. The van der Waals surface area contributed by atoms with Gasteiger partial charge in [0.2, 0.25) is 0 Å². The van der Waals surface area contributed by atoms with E-state index < -0.39 is 0 Å². The molecule has 0 amide bonds. The molecular weight excluding hydrogens is 116 g/mol. The van der Waals surface area contributed by atoms with E-state index in [1.165, 1.54) is 6.39 Å². The molecule has 50 valence electrons. The van der Waals surface area contributed by atoms with Crippen LogP contribution in [0.1, 0.15) is 12.7 Å². The summed E-state index contributed by atoms with van der Waals surface area (Å²) in [6.45, 7) is 1.93. The van der Waals surface area contributed by atoms with E-state index in [1.807, 2.05) is 6.92 Å². The van der Waals surface area contributed by atoms with Crippen molar-refractivity contribution in [1.29, 1.82) is 0 Å². The van der Waals surface area contributed by atoms with Gasteiger partial charge in [0, 0.05) is 12.5 Å². The summed E-state index contributed by atoms with van der Waals surface area (Å²) in [6, 6.07) is 0.151. The normalized spacial score (nSPS) is 13.6. The zero-order valence-corrected chi connectivity index (χ0v) is 5.37. The third kappa shape index (κ3) is 1.85. The Balaban J connectivity index is 2.48. The molecule has 0 fully saturated rings. The Morgan fingerprint density at radius 1 is 1.89 bits per heavy atom. The van der Waals surface area contributed by atoms with Gasteiger partial charge < -0.3 is 10.2 Å². The first-order chi connectivity index (χ1) is 4.29. The van der Waals surface area contributed by atoms with Crippen LogP contribution in [0.4, 0.5) is 0 Å². The monoisotopic (exact) mass is 126 g/mol. The standard InChI is InChI=1S/C6H10N2O/c1-5(7)2-6-3-8-4-9-6/h3-5H,2,7H2,1H3/t5-/m0/s1. The predicted octanol–water partition coefficient (Wildman–Crippen LogP) is 0.564. The number of hydrogen-bond acceptors (Lipinski definition) is 3. The highest BCUT2D eigenvalue weighted by Crippen LogP contribution is 1.98. The van der Waals surface area contributed by atoms with Crippen molar-refractivity contribution in [1.82, 2.24) is 4.98 Å². The van der Waals surface area contributed by atoms with Gasteiger partial charge in [-0.2, -0.15) is 0 Å². The third-order valence-corrected chi connectivity index (χ3v) is 1.01. The summed E-state index contributed by atoms with van der Waals surface area (Å²) < 4.78 is 4.95. The van der Waals surface area contributed by atoms with Crippen LogP contribution in [0, 0.1) is 0 Å². The average Bonchev–Trinajstić information content (AvgIpc) is 2.15. The van der Waals surface area contributed by atoms with Crippen molar-refractivity contribution in [2.75, 3.05) is 0 Å². The summed E-state index contributed by atoms with van der Waals surface area (Å²) in [6.07, 6.45) is 3.86. The lowest BCUT2D eigenvalue weighted by Crippen LogP contribution is -2.17. The Morgan fingerprint density at radius 3 is 3.11 bits per heavy atom. The molecular formula is C6H10N2O. The highest BCUT2D eigenvalue weighted by Gasteiger charge is 1.98. The number of oxazole rings is 1. The van der Waals surface area contributed by atoms with Gasteiger partial charge in [-0.3, -0.25) is 0 Å². The van der Waals surface area contributed by atoms with E-state index in [2.05, 4.69) is 4.98 Å². The SMILES string of the molecule is C[C@H](N)Cc1cnco1. The van der Waals surface area contributed by atoms with Crippen molar-refractivity contribution in [3.8, 4) is 0 Å². The van der Waals surface area contributed by atoms with Crippen molar-refractivity contribution < 1.29 is 4.42 Å². The summed E-state index contributed by atoms with van der Waals surface area (Å²) in [5.41, 5.74) is 5.50. The van der Waals surface area contributed by atoms with Gasteiger partial charge in [-0.15, -0.1) is 0 Å². The second-order valence-electron chi connectivity index (χ2n) is 2.15. The van der Waals surface area contributed by atoms with E-state index in [0.717, 1.165) is 12.2 Å². The lowest BCUT2D eigenvalue weighted by molar-refractivity contribution is 0.487. The fourth-order valence-electron chi connectivity index (χ4n) is 0.660. The van der Waals surface area contributed by atoms with Gasteiger partial charge in [-0.05, 0) is 6.92 Å². The number of rotatable bonds is 2. The molecule has 3 nitrogen and oxygen atoms in total. The molecule has 0 aliphatic heterocycles. The molecule has 0 aliphatic carbocycles. The number of nitrogens with two attached hydrogens (primary N) is 1. The third-order valence-electron chi connectivity index (χ3n) is 1.01. The van der Waals surface area contributed by atoms with Crippen LogP contribution < -0.4 is 5.73 Å². The van der Waals surface area contributed by atoms with Gasteiger partial charge in [0.15, 0.2) is 6.39 Å². The Kier molecular flexibility index (Phi) is 1.85. The highest BCUT2D eigenvalue weighted by molar-refractivity contribution is 4.90. The van der Waals surface area contributed by atoms with Crippen molar-refractivity contribution in [3.63, 3.8) is 0 Å². The van der Waals surface area contributed by atoms with Crippen molar-refractivity contribution in [2.24, 2.45) is 5.73 Å². The Morgan fingerprint density at radius 2 is 2.67 bits per heavy atom. The first kappa shape index (κ1) is 6.29. The first-order valence-corrected chi connectivity index (χ1v) is 2.92. The van der Waals surface area contributed by atoms with Gasteiger partial charge in [0.05, 0.1) is 6.20 Å². The Labute approximate surface area is 53.9 Å². The maximum absolute atomic E-state index is 5.50. The molecule has 0 spiro atoms. The van der Waals surface area contributed by atoms with Crippen LogP contribution in [0.3, 0.4) is 0 Å². The van der Waals surface area contributed by atoms with Gasteiger partial charge in [-0.25, -0.2) is 4.98 Å². The molecule has 1 aromatic heterocycles. The van der Waals surface area contributed by atoms with E-state index in [4.69, 9.17) is 10.2 Å². The number of nitrogens with zero attached hydrogens (tertiary/aromatic N) is 1. The van der Waals surface area contributed by atoms with Gasteiger partial charge in [-0.1, -0.05) is 0 Å². The molecule has 3 heteroatoms.